The molecule has 5 fully saturated rings. The molecule has 29 heavy (non-hydrogen) atoms. The lowest BCUT2D eigenvalue weighted by Crippen LogP contribution is -2.69. The Labute approximate surface area is 174 Å². The van der Waals surface area contributed by atoms with Crippen molar-refractivity contribution in [2.75, 3.05) is 14.1 Å². The van der Waals surface area contributed by atoms with Gasteiger partial charge in [-0.15, -0.1) is 0 Å². The molecule has 1 aromatic rings. The van der Waals surface area contributed by atoms with E-state index in [-0.39, 0.29) is 12.4 Å². The Hall–Kier alpha value is -0.920. The van der Waals surface area contributed by atoms with Gasteiger partial charge in [0.2, 0.25) is 5.79 Å². The lowest BCUT2D eigenvalue weighted by Gasteiger charge is -2.60. The van der Waals surface area contributed by atoms with Crippen molar-refractivity contribution in [2.45, 2.75) is 76.8 Å². The minimum Gasteiger partial charge on any atom is -0.348 e. The first-order valence-electron chi connectivity index (χ1n) is 11.2. The molecule has 0 N–H and O–H groups in total. The van der Waals surface area contributed by atoms with Crippen LogP contribution in [0.1, 0.15) is 63.9 Å². The molecule has 162 valence electrons. The number of hydrogen-bond donors (Lipinski definition) is 0. The van der Waals surface area contributed by atoms with E-state index in [0.29, 0.717) is 23.7 Å². The summed E-state index contributed by atoms with van der Waals surface area (Å²) in [5.74, 6) is 0.985. The molecule has 4 saturated heterocycles. The Morgan fingerprint density at radius 3 is 2.66 bits per heavy atom. The minimum atomic E-state index is -0.715. The highest BCUT2D eigenvalue weighted by atomic mass is 17.3. The molecule has 2 bridgehead atoms. The van der Waals surface area contributed by atoms with Gasteiger partial charge in [0.05, 0.1) is 0 Å². The molecule has 4 aliphatic heterocycles. The molecule has 1 aromatic heterocycles. The van der Waals surface area contributed by atoms with Gasteiger partial charge in [0.15, 0.2) is 11.9 Å². The van der Waals surface area contributed by atoms with Crippen molar-refractivity contribution < 1.29 is 19.2 Å². The number of nitrogens with zero attached hydrogens (tertiary/aromatic N) is 2. The van der Waals surface area contributed by atoms with Crippen LogP contribution in [-0.2, 0) is 32.8 Å². The van der Waals surface area contributed by atoms with Crippen molar-refractivity contribution in [3.05, 3.63) is 23.5 Å². The van der Waals surface area contributed by atoms with E-state index in [1.165, 1.54) is 17.8 Å². The van der Waals surface area contributed by atoms with Crippen LogP contribution in [0.3, 0.4) is 0 Å². The minimum absolute atomic E-state index is 0.00265. The van der Waals surface area contributed by atoms with Gasteiger partial charge in [-0.2, -0.15) is 0 Å². The predicted octanol–water partition coefficient (Wildman–Crippen LogP) is 4.01. The summed E-state index contributed by atoms with van der Waals surface area (Å²) in [6, 6.07) is 4.46. The smallest absolute Gasteiger partial charge is 0.201 e. The number of aromatic nitrogens is 1. The molecule has 1 spiro atoms. The van der Waals surface area contributed by atoms with Gasteiger partial charge in [0.1, 0.15) is 6.10 Å². The van der Waals surface area contributed by atoms with Crippen LogP contribution in [0.25, 0.3) is 0 Å². The van der Waals surface area contributed by atoms with Crippen LogP contribution >= 0.6 is 0 Å². The van der Waals surface area contributed by atoms with Crippen LogP contribution in [0, 0.1) is 23.7 Å². The molecule has 0 amide bonds. The zero-order chi connectivity index (χ0) is 20.6. The second kappa shape index (κ2) is 6.79. The molecule has 6 rings (SSSR count). The van der Waals surface area contributed by atoms with Crippen molar-refractivity contribution in [1.29, 1.82) is 0 Å². The van der Waals surface area contributed by atoms with Gasteiger partial charge in [0.25, 0.3) is 0 Å². The first-order chi connectivity index (χ1) is 13.7. The first kappa shape index (κ1) is 20.0. The SMILES string of the molecule is C[C@H]1[C@H](c2ccc(CN(C)C)n2C)O[C@@H]2O[C@@]3(C)CC[C@H]4[C@H](C)CC[C@@H]1[C@@]24OO3. The molecule has 8 atom stereocenters. The van der Waals surface area contributed by atoms with Crippen molar-refractivity contribution in [3.63, 3.8) is 0 Å². The maximum atomic E-state index is 6.78. The van der Waals surface area contributed by atoms with Gasteiger partial charge in [-0.05, 0) is 70.2 Å². The summed E-state index contributed by atoms with van der Waals surface area (Å²) < 4.78 is 15.6. The summed E-state index contributed by atoms with van der Waals surface area (Å²) in [5, 5.41) is 0. The van der Waals surface area contributed by atoms with Gasteiger partial charge in [0, 0.05) is 37.3 Å². The lowest BCUT2D eigenvalue weighted by molar-refractivity contribution is -0.571. The molecular weight excluding hydrogens is 368 g/mol. The van der Waals surface area contributed by atoms with E-state index in [9.17, 15) is 0 Å². The number of hydrogen-bond acceptors (Lipinski definition) is 5. The summed E-state index contributed by atoms with van der Waals surface area (Å²) in [7, 11) is 6.36. The van der Waals surface area contributed by atoms with E-state index in [1.54, 1.807) is 0 Å². The van der Waals surface area contributed by atoms with Crippen molar-refractivity contribution in [3.8, 4) is 0 Å². The Morgan fingerprint density at radius 2 is 1.90 bits per heavy atom. The molecule has 0 aromatic carbocycles. The van der Waals surface area contributed by atoms with Gasteiger partial charge in [-0.25, -0.2) is 9.78 Å². The molecule has 6 heteroatoms. The highest BCUT2D eigenvalue weighted by Gasteiger charge is 2.69. The average molecular weight is 405 g/mol. The van der Waals surface area contributed by atoms with Gasteiger partial charge in [-0.1, -0.05) is 13.8 Å². The fraction of sp³-hybridized carbons (Fsp3) is 0.826. The second-order valence-corrected chi connectivity index (χ2v) is 10.4. The zero-order valence-electron chi connectivity index (χ0n) is 18.7. The van der Waals surface area contributed by atoms with Crippen molar-refractivity contribution >= 4 is 0 Å². The van der Waals surface area contributed by atoms with Crippen LogP contribution in [0.4, 0.5) is 0 Å². The Morgan fingerprint density at radius 1 is 1.10 bits per heavy atom. The lowest BCUT2D eigenvalue weighted by atomic mass is 9.57. The fourth-order valence-electron chi connectivity index (χ4n) is 6.58. The van der Waals surface area contributed by atoms with E-state index in [2.05, 4.69) is 56.6 Å². The predicted molar refractivity (Wildman–Crippen MR) is 109 cm³/mol. The highest BCUT2D eigenvalue weighted by Crippen LogP contribution is 2.62. The summed E-state index contributed by atoms with van der Waals surface area (Å²) >= 11 is 0. The molecule has 5 heterocycles. The number of ether oxygens (including phenoxy) is 2. The van der Waals surface area contributed by atoms with E-state index in [0.717, 1.165) is 25.8 Å². The number of fused-ring (bicyclic) bond motifs is 2. The third kappa shape index (κ3) is 2.87. The zero-order valence-corrected chi connectivity index (χ0v) is 18.7. The quantitative estimate of drug-likeness (QED) is 0.713. The standard InChI is InChI=1S/C23H36N2O4/c1-14-7-9-18-15(2)20(19-10-8-16(25(19)6)13-24(4)5)26-21-23(18)17(14)11-12-22(3,27-21)28-29-23/h8,10,14-15,17-18,20-21H,7,9,11-13H2,1-6H3/t14-,15-,17+,18+,20-,21-,22-,23-/m1/s1. The van der Waals surface area contributed by atoms with Crippen LogP contribution in [-0.4, -0.2) is 41.2 Å². The van der Waals surface area contributed by atoms with E-state index < -0.39 is 11.4 Å². The van der Waals surface area contributed by atoms with Gasteiger partial charge in [-0.3, -0.25) is 0 Å². The van der Waals surface area contributed by atoms with Crippen LogP contribution in [0.5, 0.6) is 0 Å². The highest BCUT2D eigenvalue weighted by molar-refractivity contribution is 5.21. The van der Waals surface area contributed by atoms with E-state index in [4.69, 9.17) is 19.2 Å². The monoisotopic (exact) mass is 404 g/mol. The molecule has 1 saturated carbocycles. The molecule has 1 aliphatic carbocycles. The van der Waals surface area contributed by atoms with Crippen LogP contribution in [0.2, 0.25) is 0 Å². The topological polar surface area (TPSA) is 45.1 Å². The summed E-state index contributed by atoms with van der Waals surface area (Å²) in [4.78, 5) is 14.4. The molecule has 5 aliphatic rings. The second-order valence-electron chi connectivity index (χ2n) is 10.4. The normalized spacial score (nSPS) is 46.6. The maximum Gasteiger partial charge on any atom is 0.201 e. The Kier molecular flexibility index (Phi) is 4.69. The summed E-state index contributed by atoms with van der Waals surface area (Å²) in [6.07, 6.45) is 3.91. The van der Waals surface area contributed by atoms with Gasteiger partial charge >= 0.3 is 0 Å². The fourth-order valence-corrected chi connectivity index (χ4v) is 6.58. The third-order valence-electron chi connectivity index (χ3n) is 8.19. The first-order valence-corrected chi connectivity index (χ1v) is 11.2. The Bertz CT molecular complexity index is 779. The van der Waals surface area contributed by atoms with Crippen molar-refractivity contribution in [1.82, 2.24) is 9.47 Å². The summed E-state index contributed by atoms with van der Waals surface area (Å²) in [6.45, 7) is 7.59. The summed E-state index contributed by atoms with van der Waals surface area (Å²) in [5.41, 5.74) is 2.04. The molecule has 6 nitrogen and oxygen atoms in total. The Balaban J connectivity index is 1.53. The van der Waals surface area contributed by atoms with Crippen LogP contribution in [0.15, 0.2) is 12.1 Å². The van der Waals surface area contributed by atoms with E-state index in [1.807, 2.05) is 6.92 Å². The molecule has 0 radical (unpaired) electrons. The molecule has 0 unspecified atom stereocenters. The van der Waals surface area contributed by atoms with Gasteiger partial charge < -0.3 is 18.9 Å². The van der Waals surface area contributed by atoms with Crippen LogP contribution < -0.4 is 0 Å². The number of rotatable bonds is 3. The molecular formula is C23H36N2O4. The third-order valence-corrected chi connectivity index (χ3v) is 8.19. The maximum absolute atomic E-state index is 6.78. The average Bonchev–Trinajstić information content (AvgIpc) is 2.85. The van der Waals surface area contributed by atoms with E-state index >= 15 is 0 Å². The largest absolute Gasteiger partial charge is 0.348 e. The van der Waals surface area contributed by atoms with Crippen molar-refractivity contribution in [2.24, 2.45) is 30.7 Å².